The van der Waals surface area contributed by atoms with E-state index in [0.29, 0.717) is 36.2 Å². The van der Waals surface area contributed by atoms with E-state index in [9.17, 15) is 9.00 Å². The van der Waals surface area contributed by atoms with E-state index >= 15 is 0 Å². The number of amidine groups is 1. The Morgan fingerprint density at radius 1 is 1.31 bits per heavy atom. The van der Waals surface area contributed by atoms with E-state index in [1.165, 1.54) is 7.05 Å². The predicted molar refractivity (Wildman–Crippen MR) is 116 cm³/mol. The van der Waals surface area contributed by atoms with Crippen LogP contribution in [-0.2, 0) is 20.3 Å². The monoisotopic (exact) mass is 422 g/mol. The highest BCUT2D eigenvalue weighted by Gasteiger charge is 2.36. The zero-order chi connectivity index (χ0) is 21.4. The van der Waals surface area contributed by atoms with Crippen LogP contribution in [0.4, 0.5) is 0 Å². The number of carbonyl (C=O) groups excluding carboxylic acids is 1. The van der Waals surface area contributed by atoms with Gasteiger partial charge in [-0.25, -0.2) is 0 Å². The van der Waals surface area contributed by atoms with Crippen molar-refractivity contribution in [2.45, 2.75) is 31.4 Å². The normalized spacial score (nSPS) is 17.7. The molecule has 160 valence electrons. The second-order valence-corrected chi connectivity index (χ2v) is 9.35. The molecule has 1 atom stereocenters. The van der Waals surface area contributed by atoms with Gasteiger partial charge in [0.15, 0.2) is 0 Å². The van der Waals surface area contributed by atoms with Crippen molar-refractivity contribution in [2.24, 2.45) is 21.6 Å². The summed E-state index contributed by atoms with van der Waals surface area (Å²) in [5.74, 6) is 1.34. The zero-order valence-corrected chi connectivity index (χ0v) is 18.3. The molecule has 2 rings (SSSR count). The van der Waals surface area contributed by atoms with Crippen LogP contribution in [0.5, 0.6) is 5.75 Å². The molecule has 3 N–H and O–H groups in total. The van der Waals surface area contributed by atoms with Crippen LogP contribution in [0.15, 0.2) is 34.3 Å². The summed E-state index contributed by atoms with van der Waals surface area (Å²) in [6, 6.07) is 7.06. The van der Waals surface area contributed by atoms with E-state index in [1.54, 1.807) is 45.2 Å². The van der Waals surface area contributed by atoms with Crippen molar-refractivity contribution in [3.05, 3.63) is 29.8 Å². The molecule has 8 nitrogen and oxygen atoms in total. The van der Waals surface area contributed by atoms with Gasteiger partial charge in [0.2, 0.25) is 11.9 Å². The van der Waals surface area contributed by atoms with Crippen molar-refractivity contribution < 1.29 is 18.5 Å². The fourth-order valence-electron chi connectivity index (χ4n) is 2.77. The first-order valence-corrected chi connectivity index (χ1v) is 10.8. The molecule has 29 heavy (non-hydrogen) atoms. The SMILES string of the molecule is CN=C(N=C(N)c1ccc(OC)cc1)NC(=O)C(C)(C)S(=O)CC1CCOCC1. The van der Waals surface area contributed by atoms with Gasteiger partial charge in [0.25, 0.3) is 0 Å². The molecule has 0 aliphatic carbocycles. The van der Waals surface area contributed by atoms with Crippen molar-refractivity contribution in [3.8, 4) is 5.75 Å². The Morgan fingerprint density at radius 2 is 1.93 bits per heavy atom. The average Bonchev–Trinajstić information content (AvgIpc) is 2.73. The number of ether oxygens (including phenoxy) is 2. The quantitative estimate of drug-likeness (QED) is 0.532. The summed E-state index contributed by atoms with van der Waals surface area (Å²) in [6.07, 6.45) is 1.74. The van der Waals surface area contributed by atoms with Gasteiger partial charge >= 0.3 is 0 Å². The summed E-state index contributed by atoms with van der Waals surface area (Å²) in [7, 11) is 1.74. The van der Waals surface area contributed by atoms with Crippen molar-refractivity contribution in [1.29, 1.82) is 0 Å². The van der Waals surface area contributed by atoms with E-state index in [4.69, 9.17) is 15.2 Å². The maximum absolute atomic E-state index is 12.8. The molecule has 1 heterocycles. The number of aliphatic imine (C=N–C) groups is 2. The van der Waals surface area contributed by atoms with Crippen LogP contribution in [0.3, 0.4) is 0 Å². The van der Waals surface area contributed by atoms with E-state index in [0.717, 1.165) is 12.8 Å². The van der Waals surface area contributed by atoms with E-state index in [-0.39, 0.29) is 11.8 Å². The van der Waals surface area contributed by atoms with Crippen LogP contribution < -0.4 is 15.8 Å². The standard InChI is InChI=1S/C20H30N4O4S/c1-20(2,29(26)13-14-9-11-28-12-10-14)18(25)24-19(22-3)23-17(21)15-5-7-16(27-4)8-6-15/h5-8,14H,9-13H2,1-4H3,(H3,21,22,23,24,25). The summed E-state index contributed by atoms with van der Waals surface area (Å²) >= 11 is 0. The van der Waals surface area contributed by atoms with Crippen LogP contribution in [0.25, 0.3) is 0 Å². The topological polar surface area (TPSA) is 115 Å². The summed E-state index contributed by atoms with van der Waals surface area (Å²) in [5.41, 5.74) is 6.71. The van der Waals surface area contributed by atoms with Crippen LogP contribution in [-0.4, -0.2) is 59.8 Å². The minimum atomic E-state index is -1.35. The minimum Gasteiger partial charge on any atom is -0.497 e. The summed E-state index contributed by atoms with van der Waals surface area (Å²) in [6.45, 7) is 4.70. The first-order valence-electron chi connectivity index (χ1n) is 9.51. The van der Waals surface area contributed by atoms with Gasteiger partial charge in [0.1, 0.15) is 16.3 Å². The van der Waals surface area contributed by atoms with Gasteiger partial charge in [-0.05, 0) is 56.9 Å². The Labute approximate surface area is 174 Å². The van der Waals surface area contributed by atoms with E-state index < -0.39 is 21.5 Å². The first kappa shape index (κ1) is 23.0. The number of carbonyl (C=O) groups is 1. The zero-order valence-electron chi connectivity index (χ0n) is 17.4. The maximum Gasteiger partial charge on any atom is 0.245 e. The molecule has 0 spiro atoms. The van der Waals surface area contributed by atoms with Crippen LogP contribution >= 0.6 is 0 Å². The van der Waals surface area contributed by atoms with Crippen LogP contribution in [0.2, 0.25) is 0 Å². The molecule has 1 unspecified atom stereocenters. The van der Waals surface area contributed by atoms with Gasteiger partial charge in [0, 0.05) is 42.4 Å². The van der Waals surface area contributed by atoms with Gasteiger partial charge in [0.05, 0.1) is 7.11 Å². The molecule has 1 aliphatic heterocycles. The molecule has 1 amide bonds. The first-order chi connectivity index (χ1) is 13.8. The molecule has 1 saturated heterocycles. The second-order valence-electron chi connectivity index (χ2n) is 7.31. The Morgan fingerprint density at radius 3 is 2.48 bits per heavy atom. The molecule has 0 aromatic heterocycles. The fourth-order valence-corrected chi connectivity index (χ4v) is 4.20. The molecule has 0 saturated carbocycles. The second kappa shape index (κ2) is 10.5. The molecule has 1 aromatic rings. The Balaban J connectivity index is 2.03. The van der Waals surface area contributed by atoms with E-state index in [1.807, 2.05) is 0 Å². The maximum atomic E-state index is 12.8. The van der Waals surface area contributed by atoms with Crippen molar-refractivity contribution >= 4 is 28.5 Å². The molecule has 0 bridgehead atoms. The Bertz CT molecular complexity index is 784. The number of rotatable bonds is 6. The predicted octanol–water partition coefficient (Wildman–Crippen LogP) is 1.46. The van der Waals surface area contributed by atoms with Gasteiger partial charge < -0.3 is 15.2 Å². The lowest BCUT2D eigenvalue weighted by molar-refractivity contribution is -0.121. The van der Waals surface area contributed by atoms with Crippen molar-refractivity contribution in [1.82, 2.24) is 5.32 Å². The number of hydrogen-bond donors (Lipinski definition) is 2. The fraction of sp³-hybridized carbons (Fsp3) is 0.550. The summed E-state index contributed by atoms with van der Waals surface area (Å²) < 4.78 is 22.2. The lowest BCUT2D eigenvalue weighted by Gasteiger charge is -2.27. The molecule has 1 aliphatic rings. The van der Waals surface area contributed by atoms with E-state index in [2.05, 4.69) is 15.3 Å². The highest BCUT2D eigenvalue weighted by Crippen LogP contribution is 2.22. The number of benzene rings is 1. The molecular formula is C20H30N4O4S. The van der Waals surface area contributed by atoms with Gasteiger partial charge in [-0.15, -0.1) is 0 Å². The van der Waals surface area contributed by atoms with Crippen molar-refractivity contribution in [2.75, 3.05) is 33.1 Å². The Kier molecular flexibility index (Phi) is 8.33. The average molecular weight is 423 g/mol. The Hall–Kier alpha value is -2.26. The number of nitrogens with one attached hydrogen (secondary N) is 1. The third-order valence-corrected chi connectivity index (χ3v) is 6.99. The number of nitrogens with two attached hydrogens (primary N) is 1. The van der Waals surface area contributed by atoms with Crippen LogP contribution in [0, 0.1) is 5.92 Å². The molecule has 9 heteroatoms. The highest BCUT2D eigenvalue weighted by molar-refractivity contribution is 7.87. The van der Waals surface area contributed by atoms with Crippen molar-refractivity contribution in [3.63, 3.8) is 0 Å². The minimum absolute atomic E-state index is 0.0689. The molecular weight excluding hydrogens is 392 g/mol. The number of hydrogen-bond acceptors (Lipinski definition) is 5. The lowest BCUT2D eigenvalue weighted by atomic mass is 10.0. The third-order valence-electron chi connectivity index (χ3n) is 4.89. The number of guanidine groups is 1. The molecule has 0 radical (unpaired) electrons. The third kappa shape index (κ3) is 6.37. The number of methoxy groups -OCH3 is 1. The van der Waals surface area contributed by atoms with Gasteiger partial charge in [-0.3, -0.25) is 19.3 Å². The number of nitrogens with zero attached hydrogens (tertiary/aromatic N) is 2. The van der Waals surface area contributed by atoms with Crippen LogP contribution in [0.1, 0.15) is 32.3 Å². The van der Waals surface area contributed by atoms with Gasteiger partial charge in [-0.2, -0.15) is 4.99 Å². The molecule has 1 aromatic carbocycles. The summed E-state index contributed by atoms with van der Waals surface area (Å²) in [5, 5.41) is 2.65. The number of amides is 1. The van der Waals surface area contributed by atoms with Gasteiger partial charge in [-0.1, -0.05) is 0 Å². The summed E-state index contributed by atoms with van der Waals surface area (Å²) in [4.78, 5) is 21.0. The smallest absolute Gasteiger partial charge is 0.245 e. The highest BCUT2D eigenvalue weighted by atomic mass is 32.2. The molecule has 1 fully saturated rings. The lowest BCUT2D eigenvalue weighted by Crippen LogP contribution is -2.49. The largest absolute Gasteiger partial charge is 0.497 e.